The van der Waals surface area contributed by atoms with Crippen LogP contribution in [0.2, 0.25) is 0 Å². The van der Waals surface area contributed by atoms with Crippen molar-refractivity contribution in [1.82, 2.24) is 4.90 Å². The number of ether oxygens (including phenoxy) is 1. The Hall–Kier alpha value is -3.11. The van der Waals surface area contributed by atoms with Gasteiger partial charge in [-0.2, -0.15) is 0 Å². The number of rotatable bonds is 7. The number of carbonyl (C=O) groups is 1. The quantitative estimate of drug-likeness (QED) is 0.534. The summed E-state index contributed by atoms with van der Waals surface area (Å²) in [6.07, 6.45) is -0.263. The molecule has 0 spiro atoms. The molecule has 0 radical (unpaired) electrons. The summed E-state index contributed by atoms with van der Waals surface area (Å²) >= 11 is 0. The van der Waals surface area contributed by atoms with E-state index in [2.05, 4.69) is 35.2 Å². The van der Waals surface area contributed by atoms with E-state index in [4.69, 9.17) is 4.74 Å². The van der Waals surface area contributed by atoms with Crippen LogP contribution >= 0.6 is 0 Å². The average Bonchev–Trinajstić information content (AvgIpc) is 3.27. The number of likely N-dealkylation sites (tertiary alicyclic amines) is 1. The van der Waals surface area contributed by atoms with E-state index in [0.29, 0.717) is 24.4 Å². The highest BCUT2D eigenvalue weighted by atomic mass is 16.6. The fourth-order valence-electron chi connectivity index (χ4n) is 4.88. The molecule has 1 aliphatic carbocycles. The smallest absolute Gasteiger partial charge is 0.414 e. The summed E-state index contributed by atoms with van der Waals surface area (Å²) in [5.41, 5.74) is 3.28. The zero-order chi connectivity index (χ0) is 21.0. The molecule has 0 aromatic heterocycles. The minimum absolute atomic E-state index is 0.263. The Morgan fingerprint density at radius 1 is 0.806 bits per heavy atom. The second kappa shape index (κ2) is 8.94. The molecule has 31 heavy (non-hydrogen) atoms. The standard InChI is InChI=1S/C27H28N2O2/c30-27(31-20-22-12-6-2-7-13-22)29(23-14-8-3-9-15-23)19-26-24-17-28(18-25(24)26)16-21-10-4-1-5-11-21/h1-15,24-26H,16-20H2. The van der Waals surface area contributed by atoms with Crippen LogP contribution in [0.3, 0.4) is 0 Å². The summed E-state index contributed by atoms with van der Waals surface area (Å²) in [6, 6.07) is 30.4. The van der Waals surface area contributed by atoms with Crippen LogP contribution in [0.4, 0.5) is 10.5 Å². The van der Waals surface area contributed by atoms with Crippen molar-refractivity contribution in [2.75, 3.05) is 24.5 Å². The highest BCUT2D eigenvalue weighted by Crippen LogP contribution is 2.52. The Morgan fingerprint density at radius 2 is 1.35 bits per heavy atom. The van der Waals surface area contributed by atoms with Crippen LogP contribution in [0.1, 0.15) is 11.1 Å². The predicted octanol–water partition coefficient (Wildman–Crippen LogP) is 5.21. The summed E-state index contributed by atoms with van der Waals surface area (Å²) in [7, 11) is 0. The molecule has 1 amide bonds. The van der Waals surface area contributed by atoms with E-state index in [0.717, 1.165) is 37.4 Å². The Kier molecular flexibility index (Phi) is 5.72. The van der Waals surface area contributed by atoms with Gasteiger partial charge in [-0.15, -0.1) is 0 Å². The van der Waals surface area contributed by atoms with Gasteiger partial charge in [-0.25, -0.2) is 4.79 Å². The van der Waals surface area contributed by atoms with Crippen molar-refractivity contribution in [3.8, 4) is 0 Å². The van der Waals surface area contributed by atoms with E-state index in [1.165, 1.54) is 5.56 Å². The lowest BCUT2D eigenvalue weighted by molar-refractivity contribution is 0.146. The molecular formula is C27H28N2O2. The molecule has 4 heteroatoms. The van der Waals surface area contributed by atoms with Crippen LogP contribution in [0.15, 0.2) is 91.0 Å². The van der Waals surface area contributed by atoms with E-state index in [1.807, 2.05) is 65.6 Å². The van der Waals surface area contributed by atoms with E-state index in [-0.39, 0.29) is 6.09 Å². The maximum atomic E-state index is 13.0. The fraction of sp³-hybridized carbons (Fsp3) is 0.296. The first-order chi connectivity index (χ1) is 15.3. The minimum atomic E-state index is -0.263. The Bertz CT molecular complexity index is 982. The molecule has 1 aliphatic heterocycles. The topological polar surface area (TPSA) is 32.8 Å². The number of carbonyl (C=O) groups excluding carboxylic acids is 1. The first-order valence-electron chi connectivity index (χ1n) is 11.1. The minimum Gasteiger partial charge on any atom is -0.444 e. The molecule has 2 unspecified atom stereocenters. The van der Waals surface area contributed by atoms with Crippen molar-refractivity contribution in [1.29, 1.82) is 0 Å². The monoisotopic (exact) mass is 412 g/mol. The Balaban J connectivity index is 1.20. The number of anilines is 1. The van der Waals surface area contributed by atoms with Gasteiger partial charge >= 0.3 is 6.09 Å². The van der Waals surface area contributed by atoms with Crippen LogP contribution in [0, 0.1) is 17.8 Å². The zero-order valence-electron chi connectivity index (χ0n) is 17.6. The Labute approximate surface area is 184 Å². The lowest BCUT2D eigenvalue weighted by atomic mass is 10.2. The van der Waals surface area contributed by atoms with Crippen LogP contribution in [0.5, 0.6) is 0 Å². The molecule has 1 saturated carbocycles. The van der Waals surface area contributed by atoms with Gasteiger partial charge in [0.2, 0.25) is 0 Å². The summed E-state index contributed by atoms with van der Waals surface area (Å²) in [6.45, 7) is 4.28. The first-order valence-corrected chi connectivity index (χ1v) is 11.1. The highest BCUT2D eigenvalue weighted by molar-refractivity contribution is 5.87. The zero-order valence-corrected chi connectivity index (χ0v) is 17.6. The van der Waals surface area contributed by atoms with Crippen LogP contribution in [-0.2, 0) is 17.9 Å². The van der Waals surface area contributed by atoms with E-state index in [9.17, 15) is 4.79 Å². The van der Waals surface area contributed by atoms with Gasteiger partial charge in [-0.1, -0.05) is 78.9 Å². The largest absolute Gasteiger partial charge is 0.444 e. The van der Waals surface area contributed by atoms with E-state index < -0.39 is 0 Å². The number of hydrogen-bond acceptors (Lipinski definition) is 3. The van der Waals surface area contributed by atoms with Gasteiger partial charge in [-0.3, -0.25) is 9.80 Å². The van der Waals surface area contributed by atoms with Crippen LogP contribution in [-0.4, -0.2) is 30.6 Å². The molecule has 2 fully saturated rings. The van der Waals surface area contributed by atoms with Gasteiger partial charge in [0, 0.05) is 31.9 Å². The molecule has 1 heterocycles. The molecule has 2 aliphatic rings. The van der Waals surface area contributed by atoms with Crippen molar-refractivity contribution >= 4 is 11.8 Å². The normalized spacial score (nSPS) is 22.0. The number of para-hydroxylation sites is 1. The number of nitrogens with zero attached hydrogens (tertiary/aromatic N) is 2. The van der Waals surface area contributed by atoms with Gasteiger partial charge < -0.3 is 4.74 Å². The van der Waals surface area contributed by atoms with E-state index in [1.54, 1.807) is 0 Å². The predicted molar refractivity (Wildman–Crippen MR) is 123 cm³/mol. The van der Waals surface area contributed by atoms with Gasteiger partial charge in [0.15, 0.2) is 0 Å². The fourth-order valence-corrected chi connectivity index (χ4v) is 4.88. The molecule has 0 bridgehead atoms. The van der Waals surface area contributed by atoms with Crippen LogP contribution < -0.4 is 4.90 Å². The van der Waals surface area contributed by atoms with Gasteiger partial charge in [0.05, 0.1) is 0 Å². The molecular weight excluding hydrogens is 384 g/mol. The van der Waals surface area contributed by atoms with Gasteiger partial charge in [0.25, 0.3) is 0 Å². The summed E-state index contributed by atoms with van der Waals surface area (Å²) < 4.78 is 5.67. The number of amides is 1. The summed E-state index contributed by atoms with van der Waals surface area (Å²) in [4.78, 5) is 17.4. The maximum Gasteiger partial charge on any atom is 0.414 e. The third-order valence-corrected chi connectivity index (χ3v) is 6.58. The average molecular weight is 413 g/mol. The number of hydrogen-bond donors (Lipinski definition) is 0. The van der Waals surface area contributed by atoms with Crippen molar-refractivity contribution in [3.63, 3.8) is 0 Å². The van der Waals surface area contributed by atoms with E-state index >= 15 is 0 Å². The van der Waals surface area contributed by atoms with Crippen LogP contribution in [0.25, 0.3) is 0 Å². The molecule has 158 valence electrons. The lowest BCUT2D eigenvalue weighted by Crippen LogP contribution is -2.35. The lowest BCUT2D eigenvalue weighted by Gasteiger charge is -2.25. The Morgan fingerprint density at radius 3 is 1.97 bits per heavy atom. The molecule has 3 aromatic carbocycles. The molecule has 2 atom stereocenters. The molecule has 1 saturated heterocycles. The van der Waals surface area contributed by atoms with Crippen molar-refractivity contribution < 1.29 is 9.53 Å². The second-order valence-corrected chi connectivity index (χ2v) is 8.66. The van der Waals surface area contributed by atoms with Gasteiger partial charge in [-0.05, 0) is 41.0 Å². The van der Waals surface area contributed by atoms with Crippen molar-refractivity contribution in [2.24, 2.45) is 17.8 Å². The molecule has 5 rings (SSSR count). The molecule has 0 N–H and O–H groups in total. The summed E-state index contributed by atoms with van der Waals surface area (Å²) in [5.74, 6) is 1.91. The van der Waals surface area contributed by atoms with Crippen molar-refractivity contribution in [2.45, 2.75) is 13.2 Å². The van der Waals surface area contributed by atoms with Crippen molar-refractivity contribution in [3.05, 3.63) is 102 Å². The third kappa shape index (κ3) is 4.64. The number of benzene rings is 3. The number of piperidine rings is 1. The SMILES string of the molecule is O=C(OCc1ccccc1)N(CC1C2CN(Cc3ccccc3)CC21)c1ccccc1. The molecule has 3 aromatic rings. The number of fused-ring (bicyclic) bond motifs is 1. The second-order valence-electron chi connectivity index (χ2n) is 8.66. The molecule has 4 nitrogen and oxygen atoms in total. The highest BCUT2D eigenvalue weighted by Gasteiger charge is 2.56. The van der Waals surface area contributed by atoms with Gasteiger partial charge in [0.1, 0.15) is 6.61 Å². The third-order valence-electron chi connectivity index (χ3n) is 6.58. The maximum absolute atomic E-state index is 13.0. The summed E-state index contributed by atoms with van der Waals surface area (Å²) in [5, 5.41) is 0. The first kappa shape index (κ1) is 19.8.